The van der Waals surface area contributed by atoms with E-state index in [0.717, 1.165) is 18.7 Å². The van der Waals surface area contributed by atoms with Crippen LogP contribution in [0.25, 0.3) is 0 Å². The fraction of sp³-hybridized carbons (Fsp3) is 0.562. The molecule has 0 radical (unpaired) electrons. The minimum atomic E-state index is -0.546. The van der Waals surface area contributed by atoms with Gasteiger partial charge in [0.05, 0.1) is 5.54 Å². The van der Waals surface area contributed by atoms with E-state index in [1.54, 1.807) is 0 Å². The van der Waals surface area contributed by atoms with Gasteiger partial charge in [0.15, 0.2) is 0 Å². The van der Waals surface area contributed by atoms with E-state index in [9.17, 15) is 4.79 Å². The number of carbonyl (C=O) groups excluding carboxylic acids is 1. The lowest BCUT2D eigenvalue weighted by Crippen LogP contribution is -2.49. The summed E-state index contributed by atoms with van der Waals surface area (Å²) < 4.78 is 0. The summed E-state index contributed by atoms with van der Waals surface area (Å²) in [6.45, 7) is 8.74. The van der Waals surface area contributed by atoms with E-state index in [1.165, 1.54) is 18.4 Å². The Balaban J connectivity index is 2.60. The lowest BCUT2D eigenvalue weighted by molar-refractivity contribution is -0.121. The molecule has 0 unspecified atom stereocenters. The predicted octanol–water partition coefficient (Wildman–Crippen LogP) is 3.36. The van der Waals surface area contributed by atoms with Gasteiger partial charge in [0.1, 0.15) is 0 Å². The number of rotatable bonds is 7. The molecule has 1 aromatic carbocycles. The van der Waals surface area contributed by atoms with Crippen molar-refractivity contribution in [2.45, 2.75) is 52.5 Å². The highest BCUT2D eigenvalue weighted by atomic mass is 16.2. The van der Waals surface area contributed by atoms with E-state index in [0.29, 0.717) is 0 Å². The minimum absolute atomic E-state index is 0.00402. The quantitative estimate of drug-likeness (QED) is 0.791. The molecule has 0 aromatic heterocycles. The lowest BCUT2D eigenvalue weighted by Gasteiger charge is -2.24. The summed E-state index contributed by atoms with van der Waals surface area (Å²) in [5.41, 5.74) is 1.64. The Morgan fingerprint density at radius 1 is 1.16 bits per heavy atom. The third-order valence-corrected chi connectivity index (χ3v) is 3.22. The Labute approximate surface area is 116 Å². The Morgan fingerprint density at radius 2 is 1.79 bits per heavy atom. The molecule has 0 spiro atoms. The number of nitrogens with one attached hydrogen (secondary N) is 2. The Kier molecular flexibility index (Phi) is 6.03. The third-order valence-electron chi connectivity index (χ3n) is 3.22. The largest absolute Gasteiger partial charge is 0.325 e. The molecular weight excluding hydrogens is 236 g/mol. The van der Waals surface area contributed by atoms with Crippen molar-refractivity contribution < 1.29 is 4.79 Å². The SMILES string of the molecule is CCCCc1ccc(NC(=O)C(C)(C)NCC)cc1. The van der Waals surface area contributed by atoms with Crippen LogP contribution in [0.2, 0.25) is 0 Å². The van der Waals surface area contributed by atoms with Gasteiger partial charge in [-0.05, 0) is 50.9 Å². The van der Waals surface area contributed by atoms with Crippen molar-refractivity contribution in [3.63, 3.8) is 0 Å². The summed E-state index contributed by atoms with van der Waals surface area (Å²) in [4.78, 5) is 12.1. The van der Waals surface area contributed by atoms with E-state index in [-0.39, 0.29) is 5.91 Å². The predicted molar refractivity (Wildman–Crippen MR) is 81.4 cm³/mol. The van der Waals surface area contributed by atoms with Gasteiger partial charge >= 0.3 is 0 Å². The van der Waals surface area contributed by atoms with Gasteiger partial charge in [-0.1, -0.05) is 32.4 Å². The maximum atomic E-state index is 12.1. The molecule has 1 amide bonds. The lowest BCUT2D eigenvalue weighted by atomic mass is 10.0. The summed E-state index contributed by atoms with van der Waals surface area (Å²) in [7, 11) is 0. The second-order valence-corrected chi connectivity index (χ2v) is 5.41. The van der Waals surface area contributed by atoms with Crippen molar-refractivity contribution >= 4 is 11.6 Å². The highest BCUT2D eigenvalue weighted by Crippen LogP contribution is 2.14. The van der Waals surface area contributed by atoms with E-state index < -0.39 is 5.54 Å². The number of unbranched alkanes of at least 4 members (excludes halogenated alkanes) is 1. The summed E-state index contributed by atoms with van der Waals surface area (Å²) in [5, 5.41) is 6.12. The second-order valence-electron chi connectivity index (χ2n) is 5.41. The zero-order chi connectivity index (χ0) is 14.3. The first-order valence-corrected chi connectivity index (χ1v) is 7.15. The van der Waals surface area contributed by atoms with Crippen molar-refractivity contribution in [3.8, 4) is 0 Å². The van der Waals surface area contributed by atoms with Crippen LogP contribution in [0.4, 0.5) is 5.69 Å². The number of likely N-dealkylation sites (N-methyl/N-ethyl adjacent to an activating group) is 1. The first-order chi connectivity index (χ1) is 8.99. The summed E-state index contributed by atoms with van der Waals surface area (Å²) >= 11 is 0. The van der Waals surface area contributed by atoms with Gasteiger partial charge in [0.2, 0.25) is 5.91 Å². The molecule has 1 rings (SSSR count). The molecule has 0 aliphatic heterocycles. The Bertz CT molecular complexity index is 396. The molecule has 0 aliphatic rings. The normalized spacial score (nSPS) is 11.4. The van der Waals surface area contributed by atoms with Crippen molar-refractivity contribution in [3.05, 3.63) is 29.8 Å². The van der Waals surface area contributed by atoms with Gasteiger partial charge in [0, 0.05) is 5.69 Å². The van der Waals surface area contributed by atoms with Gasteiger partial charge in [-0.3, -0.25) is 4.79 Å². The number of amides is 1. The molecule has 0 saturated carbocycles. The fourth-order valence-electron chi connectivity index (χ4n) is 1.95. The third kappa shape index (κ3) is 5.03. The van der Waals surface area contributed by atoms with E-state index in [4.69, 9.17) is 0 Å². The monoisotopic (exact) mass is 262 g/mol. The van der Waals surface area contributed by atoms with Gasteiger partial charge in [-0.25, -0.2) is 0 Å². The summed E-state index contributed by atoms with van der Waals surface area (Å²) in [6.07, 6.45) is 3.52. The van der Waals surface area contributed by atoms with Crippen LogP contribution in [0.15, 0.2) is 24.3 Å². The van der Waals surface area contributed by atoms with Crippen LogP contribution < -0.4 is 10.6 Å². The minimum Gasteiger partial charge on any atom is -0.325 e. The van der Waals surface area contributed by atoms with Crippen LogP contribution in [0.3, 0.4) is 0 Å². The molecule has 106 valence electrons. The first kappa shape index (κ1) is 15.7. The van der Waals surface area contributed by atoms with Crippen LogP contribution in [0, 0.1) is 0 Å². The number of carbonyl (C=O) groups is 1. The molecular formula is C16H26N2O. The van der Waals surface area contributed by atoms with Gasteiger partial charge in [-0.2, -0.15) is 0 Å². The molecule has 0 aliphatic carbocycles. The average Bonchev–Trinajstić information content (AvgIpc) is 2.38. The molecule has 0 bridgehead atoms. The van der Waals surface area contributed by atoms with Gasteiger partial charge < -0.3 is 10.6 Å². The van der Waals surface area contributed by atoms with Crippen molar-refractivity contribution in [1.82, 2.24) is 5.32 Å². The van der Waals surface area contributed by atoms with Crippen LogP contribution in [-0.2, 0) is 11.2 Å². The molecule has 0 saturated heterocycles. The molecule has 2 N–H and O–H groups in total. The van der Waals surface area contributed by atoms with E-state index in [1.807, 2.05) is 32.9 Å². The molecule has 0 atom stereocenters. The topological polar surface area (TPSA) is 41.1 Å². The van der Waals surface area contributed by atoms with Crippen molar-refractivity contribution in [2.24, 2.45) is 0 Å². The zero-order valence-corrected chi connectivity index (χ0v) is 12.5. The molecule has 0 fully saturated rings. The number of benzene rings is 1. The van der Waals surface area contributed by atoms with Crippen LogP contribution in [0.1, 0.15) is 46.1 Å². The number of aryl methyl sites for hydroxylation is 1. The van der Waals surface area contributed by atoms with Crippen LogP contribution in [-0.4, -0.2) is 18.0 Å². The second kappa shape index (κ2) is 7.29. The fourth-order valence-corrected chi connectivity index (χ4v) is 1.95. The molecule has 3 heteroatoms. The highest BCUT2D eigenvalue weighted by Gasteiger charge is 2.25. The zero-order valence-electron chi connectivity index (χ0n) is 12.5. The summed E-state index contributed by atoms with van der Waals surface area (Å²) in [5.74, 6) is -0.00402. The smallest absolute Gasteiger partial charge is 0.244 e. The summed E-state index contributed by atoms with van der Waals surface area (Å²) in [6, 6.07) is 8.13. The standard InChI is InChI=1S/C16H26N2O/c1-5-7-8-13-9-11-14(12-10-13)18-15(19)16(3,4)17-6-2/h9-12,17H,5-8H2,1-4H3,(H,18,19). The van der Waals surface area contributed by atoms with E-state index in [2.05, 4.69) is 29.7 Å². The van der Waals surface area contributed by atoms with E-state index >= 15 is 0 Å². The first-order valence-electron chi connectivity index (χ1n) is 7.15. The average molecular weight is 262 g/mol. The van der Waals surface area contributed by atoms with Gasteiger partial charge in [0.25, 0.3) is 0 Å². The molecule has 19 heavy (non-hydrogen) atoms. The number of anilines is 1. The van der Waals surface area contributed by atoms with Gasteiger partial charge in [-0.15, -0.1) is 0 Å². The molecule has 0 heterocycles. The molecule has 1 aromatic rings. The Hall–Kier alpha value is -1.35. The maximum Gasteiger partial charge on any atom is 0.244 e. The number of hydrogen-bond donors (Lipinski definition) is 2. The van der Waals surface area contributed by atoms with Crippen LogP contribution >= 0.6 is 0 Å². The maximum absolute atomic E-state index is 12.1. The van der Waals surface area contributed by atoms with Crippen LogP contribution in [0.5, 0.6) is 0 Å². The number of hydrogen-bond acceptors (Lipinski definition) is 2. The highest BCUT2D eigenvalue weighted by molar-refractivity contribution is 5.97. The Morgan fingerprint density at radius 3 is 2.32 bits per heavy atom. The van der Waals surface area contributed by atoms with Crippen molar-refractivity contribution in [2.75, 3.05) is 11.9 Å². The van der Waals surface area contributed by atoms with Crippen molar-refractivity contribution in [1.29, 1.82) is 0 Å². The molecule has 3 nitrogen and oxygen atoms in total.